The Bertz CT molecular complexity index is 615. The van der Waals surface area contributed by atoms with Crippen LogP contribution >= 0.6 is 0 Å². The van der Waals surface area contributed by atoms with Gasteiger partial charge in [0, 0.05) is 12.4 Å². The Morgan fingerprint density at radius 1 is 1.29 bits per heavy atom. The van der Waals surface area contributed by atoms with Crippen LogP contribution in [0.3, 0.4) is 0 Å². The molecule has 3 nitrogen and oxygen atoms in total. The SMILES string of the molecule is CN1c2c(ccc3ccccc23)OCC1C#N. The molecule has 0 radical (unpaired) electrons. The van der Waals surface area contributed by atoms with E-state index in [0.29, 0.717) is 6.61 Å². The Morgan fingerprint density at radius 2 is 2.12 bits per heavy atom. The van der Waals surface area contributed by atoms with Crippen molar-refractivity contribution in [1.82, 2.24) is 0 Å². The van der Waals surface area contributed by atoms with E-state index in [4.69, 9.17) is 10.00 Å². The minimum atomic E-state index is -0.215. The van der Waals surface area contributed by atoms with Gasteiger partial charge in [-0.3, -0.25) is 0 Å². The number of fused-ring (bicyclic) bond motifs is 3. The van der Waals surface area contributed by atoms with Gasteiger partial charge in [0.15, 0.2) is 6.04 Å². The first-order chi connectivity index (χ1) is 8.31. The molecule has 0 fully saturated rings. The third-order valence-corrected chi connectivity index (χ3v) is 3.23. The maximum absolute atomic E-state index is 9.09. The summed E-state index contributed by atoms with van der Waals surface area (Å²) in [5, 5.41) is 11.4. The van der Waals surface area contributed by atoms with Gasteiger partial charge < -0.3 is 9.64 Å². The van der Waals surface area contributed by atoms with E-state index in [0.717, 1.165) is 16.8 Å². The number of nitriles is 1. The molecule has 0 aliphatic carbocycles. The zero-order valence-electron chi connectivity index (χ0n) is 9.55. The highest BCUT2D eigenvalue weighted by atomic mass is 16.5. The second-order valence-electron chi connectivity index (χ2n) is 4.20. The molecule has 3 heteroatoms. The van der Waals surface area contributed by atoms with Crippen LogP contribution in [-0.2, 0) is 0 Å². The number of benzene rings is 2. The molecule has 1 unspecified atom stereocenters. The Kier molecular flexibility index (Phi) is 2.15. The molecule has 1 heterocycles. The first-order valence-electron chi connectivity index (χ1n) is 5.58. The lowest BCUT2D eigenvalue weighted by atomic mass is 10.1. The molecule has 2 aromatic carbocycles. The molecule has 17 heavy (non-hydrogen) atoms. The lowest BCUT2D eigenvalue weighted by molar-refractivity contribution is 0.289. The summed E-state index contributed by atoms with van der Waals surface area (Å²) in [5.41, 5.74) is 1.01. The summed E-state index contributed by atoms with van der Waals surface area (Å²) in [6, 6.07) is 14.2. The first kappa shape index (κ1) is 9.98. The standard InChI is InChI=1S/C14H12N2O/c1-16-11(8-15)9-17-13-7-6-10-4-2-3-5-12(10)14(13)16/h2-7,11H,9H2,1H3. The van der Waals surface area contributed by atoms with Crippen LogP contribution in [0.2, 0.25) is 0 Å². The van der Waals surface area contributed by atoms with Gasteiger partial charge in [-0.2, -0.15) is 5.26 Å². The van der Waals surface area contributed by atoms with Gasteiger partial charge in [-0.15, -0.1) is 0 Å². The maximum atomic E-state index is 9.09. The number of ether oxygens (including phenoxy) is 1. The van der Waals surface area contributed by atoms with Crippen molar-refractivity contribution in [2.45, 2.75) is 6.04 Å². The molecular weight excluding hydrogens is 212 g/mol. The van der Waals surface area contributed by atoms with E-state index in [1.54, 1.807) is 0 Å². The Labute approximate surface area is 99.8 Å². The fourth-order valence-corrected chi connectivity index (χ4v) is 2.28. The van der Waals surface area contributed by atoms with Crippen LogP contribution in [0.5, 0.6) is 5.75 Å². The summed E-state index contributed by atoms with van der Waals surface area (Å²) in [6.45, 7) is 0.429. The highest BCUT2D eigenvalue weighted by molar-refractivity contribution is 5.97. The largest absolute Gasteiger partial charge is 0.488 e. The molecule has 0 spiro atoms. The van der Waals surface area contributed by atoms with Crippen LogP contribution in [0, 0.1) is 11.3 Å². The Morgan fingerprint density at radius 3 is 2.94 bits per heavy atom. The molecule has 1 aliphatic heterocycles. The van der Waals surface area contributed by atoms with Gasteiger partial charge in [-0.25, -0.2) is 0 Å². The van der Waals surface area contributed by atoms with E-state index in [1.807, 2.05) is 30.1 Å². The second-order valence-corrected chi connectivity index (χ2v) is 4.20. The van der Waals surface area contributed by atoms with Crippen molar-refractivity contribution in [3.8, 4) is 11.8 Å². The Balaban J connectivity index is 2.28. The van der Waals surface area contributed by atoms with Crippen molar-refractivity contribution in [2.75, 3.05) is 18.6 Å². The molecule has 3 rings (SSSR count). The van der Waals surface area contributed by atoms with Crippen molar-refractivity contribution >= 4 is 16.5 Å². The van der Waals surface area contributed by atoms with Crippen LogP contribution < -0.4 is 9.64 Å². The van der Waals surface area contributed by atoms with E-state index in [9.17, 15) is 0 Å². The van der Waals surface area contributed by atoms with Crippen molar-refractivity contribution in [1.29, 1.82) is 5.26 Å². The average Bonchev–Trinajstić information content (AvgIpc) is 2.38. The van der Waals surface area contributed by atoms with Crippen molar-refractivity contribution in [3.63, 3.8) is 0 Å². The van der Waals surface area contributed by atoms with Gasteiger partial charge in [-0.05, 0) is 11.5 Å². The normalized spacial score (nSPS) is 18.4. The van der Waals surface area contributed by atoms with Gasteiger partial charge in [0.25, 0.3) is 0 Å². The van der Waals surface area contributed by atoms with Crippen LogP contribution in [0.1, 0.15) is 0 Å². The molecule has 0 aromatic heterocycles. The summed E-state index contributed by atoms with van der Waals surface area (Å²) in [7, 11) is 1.95. The molecule has 0 N–H and O–H groups in total. The zero-order chi connectivity index (χ0) is 11.8. The monoisotopic (exact) mass is 224 g/mol. The number of likely N-dealkylation sites (N-methyl/N-ethyl adjacent to an activating group) is 1. The fraction of sp³-hybridized carbons (Fsp3) is 0.214. The van der Waals surface area contributed by atoms with Crippen molar-refractivity contribution in [3.05, 3.63) is 36.4 Å². The second kappa shape index (κ2) is 3.67. The van der Waals surface area contributed by atoms with Crippen LogP contribution in [-0.4, -0.2) is 19.7 Å². The van der Waals surface area contributed by atoms with Crippen molar-refractivity contribution < 1.29 is 4.74 Å². The molecule has 0 saturated carbocycles. The number of anilines is 1. The van der Waals surface area contributed by atoms with Gasteiger partial charge in [0.2, 0.25) is 0 Å². The minimum Gasteiger partial charge on any atom is -0.488 e. The third kappa shape index (κ3) is 1.42. The first-order valence-corrected chi connectivity index (χ1v) is 5.58. The zero-order valence-corrected chi connectivity index (χ0v) is 9.55. The summed E-state index contributed by atoms with van der Waals surface area (Å²) in [4.78, 5) is 2.00. The third-order valence-electron chi connectivity index (χ3n) is 3.23. The van der Waals surface area contributed by atoms with E-state index >= 15 is 0 Å². The molecule has 84 valence electrons. The van der Waals surface area contributed by atoms with Gasteiger partial charge in [0.05, 0.1) is 11.8 Å². The molecule has 1 atom stereocenters. The molecule has 0 amide bonds. The highest BCUT2D eigenvalue weighted by Gasteiger charge is 2.25. The van der Waals surface area contributed by atoms with E-state index in [-0.39, 0.29) is 6.04 Å². The molecule has 1 aliphatic rings. The van der Waals surface area contributed by atoms with E-state index in [1.165, 1.54) is 5.39 Å². The van der Waals surface area contributed by atoms with Gasteiger partial charge in [0.1, 0.15) is 12.4 Å². The van der Waals surface area contributed by atoms with Crippen molar-refractivity contribution in [2.24, 2.45) is 0 Å². The maximum Gasteiger partial charge on any atom is 0.151 e. The molecular formula is C14H12N2O. The highest BCUT2D eigenvalue weighted by Crippen LogP contribution is 2.39. The average molecular weight is 224 g/mol. The molecule has 0 bridgehead atoms. The predicted octanol–water partition coefficient (Wildman–Crippen LogP) is 2.56. The van der Waals surface area contributed by atoms with Crippen LogP contribution in [0.15, 0.2) is 36.4 Å². The lowest BCUT2D eigenvalue weighted by Crippen LogP contribution is -2.39. The summed E-state index contributed by atoms with van der Waals surface area (Å²) < 4.78 is 5.64. The van der Waals surface area contributed by atoms with Crippen LogP contribution in [0.25, 0.3) is 10.8 Å². The number of hydrogen-bond donors (Lipinski definition) is 0. The quantitative estimate of drug-likeness (QED) is 0.690. The summed E-state index contributed by atoms with van der Waals surface area (Å²) in [5.74, 6) is 0.859. The minimum absolute atomic E-state index is 0.215. The summed E-state index contributed by atoms with van der Waals surface area (Å²) in [6.07, 6.45) is 0. The smallest absolute Gasteiger partial charge is 0.151 e. The lowest BCUT2D eigenvalue weighted by Gasteiger charge is -2.32. The number of rotatable bonds is 0. The fourth-order valence-electron chi connectivity index (χ4n) is 2.28. The molecule has 2 aromatic rings. The number of nitrogens with zero attached hydrogens (tertiary/aromatic N) is 2. The molecule has 0 saturated heterocycles. The predicted molar refractivity (Wildman–Crippen MR) is 67.2 cm³/mol. The van der Waals surface area contributed by atoms with E-state index in [2.05, 4.69) is 24.3 Å². The van der Waals surface area contributed by atoms with Crippen LogP contribution in [0.4, 0.5) is 5.69 Å². The van der Waals surface area contributed by atoms with Gasteiger partial charge >= 0.3 is 0 Å². The Hall–Kier alpha value is -2.21. The van der Waals surface area contributed by atoms with E-state index < -0.39 is 0 Å². The topological polar surface area (TPSA) is 36.3 Å². The summed E-state index contributed by atoms with van der Waals surface area (Å²) >= 11 is 0. The number of hydrogen-bond acceptors (Lipinski definition) is 3. The van der Waals surface area contributed by atoms with Gasteiger partial charge in [-0.1, -0.05) is 30.3 Å².